The van der Waals surface area contributed by atoms with Crippen molar-refractivity contribution in [3.8, 4) is 0 Å². The topological polar surface area (TPSA) is 63.1 Å². The first-order valence-electron chi connectivity index (χ1n) is 5.05. The van der Waals surface area contributed by atoms with Gasteiger partial charge in [0.25, 0.3) is 0 Å². The molecule has 3 rings (SSSR count). The normalized spacial score (nSPS) is 10.9. The Bertz CT molecular complexity index is 799. The Morgan fingerprint density at radius 2 is 2.11 bits per heavy atom. The summed E-state index contributed by atoms with van der Waals surface area (Å²) in [6, 6.07) is 6.67. The van der Waals surface area contributed by atoms with Crippen molar-refractivity contribution in [2.75, 3.05) is 0 Å². The molecule has 2 heterocycles. The maximum Gasteiger partial charge on any atom is 0.417 e. The monoisotopic (exact) mass is 323 g/mol. The first-order valence-corrected chi connectivity index (χ1v) is 6.72. The molecular formula is C12H6BrNO3S. The average Bonchev–Trinajstić information content (AvgIpc) is 2.92. The van der Waals surface area contributed by atoms with Crippen LogP contribution in [0.5, 0.6) is 0 Å². The number of fused-ring (bicyclic) bond motifs is 1. The average molecular weight is 324 g/mol. The minimum Gasteiger partial charge on any atom is -0.408 e. The minimum atomic E-state index is -0.520. The van der Waals surface area contributed by atoms with Gasteiger partial charge in [0.1, 0.15) is 0 Å². The number of nitrogens with one attached hydrogen (secondary N) is 1. The van der Waals surface area contributed by atoms with E-state index in [1.807, 2.05) is 0 Å². The second-order valence-electron chi connectivity index (χ2n) is 3.69. The van der Waals surface area contributed by atoms with Gasteiger partial charge in [0.05, 0.1) is 9.30 Å². The van der Waals surface area contributed by atoms with Crippen molar-refractivity contribution >= 4 is 44.1 Å². The van der Waals surface area contributed by atoms with Gasteiger partial charge in [-0.2, -0.15) is 0 Å². The highest BCUT2D eigenvalue weighted by Crippen LogP contribution is 2.23. The molecule has 0 bridgehead atoms. The summed E-state index contributed by atoms with van der Waals surface area (Å²) in [5.41, 5.74) is 2.09. The van der Waals surface area contributed by atoms with E-state index < -0.39 is 5.76 Å². The number of thiophene rings is 1. The van der Waals surface area contributed by atoms with Crippen molar-refractivity contribution in [1.82, 2.24) is 4.98 Å². The molecule has 90 valence electrons. The van der Waals surface area contributed by atoms with Gasteiger partial charge < -0.3 is 4.42 Å². The SMILES string of the molecule is O=C(c1csc(Br)c1)c1ccc2[nH]c(=O)oc2c1. The maximum absolute atomic E-state index is 12.2. The number of halogens is 1. The number of carbonyl (C=O) groups is 1. The van der Waals surface area contributed by atoms with Gasteiger partial charge in [-0.3, -0.25) is 9.78 Å². The van der Waals surface area contributed by atoms with Crippen LogP contribution in [0.15, 0.2) is 42.6 Å². The molecule has 0 saturated heterocycles. The third-order valence-electron chi connectivity index (χ3n) is 2.51. The molecule has 0 unspecified atom stereocenters. The largest absolute Gasteiger partial charge is 0.417 e. The fourth-order valence-corrected chi connectivity index (χ4v) is 2.82. The molecule has 4 nitrogen and oxygen atoms in total. The van der Waals surface area contributed by atoms with Crippen LogP contribution in [0.1, 0.15) is 15.9 Å². The number of H-pyrrole nitrogens is 1. The number of benzene rings is 1. The molecule has 0 spiro atoms. The number of rotatable bonds is 2. The molecule has 0 aliphatic rings. The molecule has 0 radical (unpaired) electrons. The standard InChI is InChI=1S/C12H6BrNO3S/c13-10-4-7(5-18-10)11(15)6-1-2-8-9(3-6)17-12(16)14-8/h1-5H,(H,14,16). The zero-order chi connectivity index (χ0) is 12.7. The lowest BCUT2D eigenvalue weighted by atomic mass is 10.1. The third kappa shape index (κ3) is 1.93. The Hall–Kier alpha value is -1.66. The van der Waals surface area contributed by atoms with Gasteiger partial charge in [0.15, 0.2) is 11.4 Å². The van der Waals surface area contributed by atoms with E-state index >= 15 is 0 Å². The number of aromatic nitrogens is 1. The zero-order valence-electron chi connectivity index (χ0n) is 8.90. The summed E-state index contributed by atoms with van der Waals surface area (Å²) in [6.45, 7) is 0. The fraction of sp³-hybridized carbons (Fsp3) is 0. The molecule has 0 saturated carbocycles. The molecule has 1 aromatic carbocycles. The second-order valence-corrected chi connectivity index (χ2v) is 5.98. The van der Waals surface area contributed by atoms with E-state index in [0.29, 0.717) is 22.2 Å². The van der Waals surface area contributed by atoms with E-state index in [9.17, 15) is 9.59 Å². The first-order chi connectivity index (χ1) is 8.63. The number of carbonyl (C=O) groups excluding carboxylic acids is 1. The van der Waals surface area contributed by atoms with Gasteiger partial charge in [-0.05, 0) is 40.2 Å². The van der Waals surface area contributed by atoms with Crippen molar-refractivity contribution < 1.29 is 9.21 Å². The van der Waals surface area contributed by atoms with Crippen LogP contribution in [0, 0.1) is 0 Å². The number of hydrogen-bond donors (Lipinski definition) is 1. The minimum absolute atomic E-state index is 0.0947. The van der Waals surface area contributed by atoms with Crippen molar-refractivity contribution in [2.45, 2.75) is 0 Å². The van der Waals surface area contributed by atoms with E-state index in [4.69, 9.17) is 4.42 Å². The predicted molar refractivity (Wildman–Crippen MR) is 72.3 cm³/mol. The van der Waals surface area contributed by atoms with E-state index in [1.54, 1.807) is 29.6 Å². The number of aromatic amines is 1. The Labute approximate surface area is 113 Å². The van der Waals surface area contributed by atoms with Crippen molar-refractivity contribution in [1.29, 1.82) is 0 Å². The molecule has 1 N–H and O–H groups in total. The lowest BCUT2D eigenvalue weighted by Gasteiger charge is -1.97. The summed E-state index contributed by atoms with van der Waals surface area (Å²) < 4.78 is 5.83. The molecule has 2 aromatic heterocycles. The molecule has 0 fully saturated rings. The van der Waals surface area contributed by atoms with E-state index in [-0.39, 0.29) is 5.78 Å². The fourth-order valence-electron chi connectivity index (χ4n) is 1.68. The number of oxazole rings is 1. The maximum atomic E-state index is 12.2. The Morgan fingerprint density at radius 3 is 2.83 bits per heavy atom. The quantitative estimate of drug-likeness (QED) is 0.737. The van der Waals surface area contributed by atoms with Crippen LogP contribution in [0.25, 0.3) is 11.1 Å². The van der Waals surface area contributed by atoms with E-state index in [0.717, 1.165) is 3.79 Å². The molecule has 0 atom stereocenters. The van der Waals surface area contributed by atoms with E-state index in [2.05, 4.69) is 20.9 Å². The predicted octanol–water partition coefficient (Wildman–Crippen LogP) is 3.18. The van der Waals surface area contributed by atoms with Crippen molar-refractivity contribution in [3.05, 3.63) is 55.1 Å². The number of hydrogen-bond acceptors (Lipinski definition) is 4. The van der Waals surface area contributed by atoms with Gasteiger partial charge in [-0.1, -0.05) is 0 Å². The van der Waals surface area contributed by atoms with Gasteiger partial charge in [-0.15, -0.1) is 11.3 Å². The van der Waals surface area contributed by atoms with Gasteiger partial charge in [0, 0.05) is 16.5 Å². The number of ketones is 1. The molecule has 0 aliphatic carbocycles. The zero-order valence-corrected chi connectivity index (χ0v) is 11.3. The van der Waals surface area contributed by atoms with Crippen LogP contribution in [-0.2, 0) is 0 Å². The smallest absolute Gasteiger partial charge is 0.408 e. The first kappa shape index (κ1) is 11.4. The van der Waals surface area contributed by atoms with E-state index in [1.165, 1.54) is 11.3 Å². The summed E-state index contributed by atoms with van der Waals surface area (Å²) in [4.78, 5) is 25.7. The van der Waals surface area contributed by atoms with Crippen molar-refractivity contribution in [2.24, 2.45) is 0 Å². The molecule has 0 amide bonds. The van der Waals surface area contributed by atoms with Crippen LogP contribution >= 0.6 is 27.3 Å². The Kier molecular flexibility index (Phi) is 2.68. The van der Waals surface area contributed by atoms with Gasteiger partial charge >= 0.3 is 5.76 Å². The summed E-state index contributed by atoms with van der Waals surface area (Å²) >= 11 is 4.77. The van der Waals surface area contributed by atoms with Gasteiger partial charge in [-0.25, -0.2) is 4.79 Å². The van der Waals surface area contributed by atoms with Crippen LogP contribution in [0.4, 0.5) is 0 Å². The molecule has 18 heavy (non-hydrogen) atoms. The Morgan fingerprint density at radius 1 is 1.28 bits per heavy atom. The summed E-state index contributed by atoms with van der Waals surface area (Å²) in [7, 11) is 0. The summed E-state index contributed by atoms with van der Waals surface area (Å²) in [6.07, 6.45) is 0. The third-order valence-corrected chi connectivity index (χ3v) is 4.02. The molecule has 6 heteroatoms. The molecular weight excluding hydrogens is 318 g/mol. The highest BCUT2D eigenvalue weighted by molar-refractivity contribution is 9.11. The van der Waals surface area contributed by atoms with Gasteiger partial charge in [0.2, 0.25) is 0 Å². The molecule has 3 aromatic rings. The Balaban J connectivity index is 2.08. The highest BCUT2D eigenvalue weighted by Gasteiger charge is 2.12. The lowest BCUT2D eigenvalue weighted by molar-refractivity contribution is 0.103. The summed E-state index contributed by atoms with van der Waals surface area (Å²) in [5, 5.41) is 1.78. The summed E-state index contributed by atoms with van der Waals surface area (Å²) in [5.74, 6) is -0.615. The van der Waals surface area contributed by atoms with Crippen molar-refractivity contribution in [3.63, 3.8) is 0 Å². The highest BCUT2D eigenvalue weighted by atomic mass is 79.9. The molecule has 0 aliphatic heterocycles. The second kappa shape index (κ2) is 4.22. The lowest BCUT2D eigenvalue weighted by Crippen LogP contribution is -1.98. The van der Waals surface area contributed by atoms with Crippen LogP contribution in [0.2, 0.25) is 0 Å². The van der Waals surface area contributed by atoms with Crippen LogP contribution in [-0.4, -0.2) is 10.8 Å². The van der Waals surface area contributed by atoms with Crippen LogP contribution < -0.4 is 5.76 Å². The van der Waals surface area contributed by atoms with Crippen LogP contribution in [0.3, 0.4) is 0 Å².